The summed E-state index contributed by atoms with van der Waals surface area (Å²) in [6, 6.07) is 14.8. The lowest BCUT2D eigenvalue weighted by molar-refractivity contribution is 0.899. The summed E-state index contributed by atoms with van der Waals surface area (Å²) < 4.78 is 2.10. The number of benzene rings is 1. The largest absolute Gasteiger partial charge is 0.316 e. The minimum atomic E-state index is 0.433. The molecule has 0 amide bonds. The molecule has 3 rings (SSSR count). The van der Waals surface area contributed by atoms with Crippen molar-refractivity contribution in [3.8, 4) is 6.07 Å². The molecule has 0 aliphatic rings. The molecule has 0 atom stereocenters. The summed E-state index contributed by atoms with van der Waals surface area (Å²) in [5.41, 5.74) is 5.76. The van der Waals surface area contributed by atoms with E-state index >= 15 is 0 Å². The maximum atomic E-state index is 8.96. The Kier molecular flexibility index (Phi) is 3.70. The topological polar surface area (TPSA) is 41.1 Å². The van der Waals surface area contributed by atoms with Gasteiger partial charge in [-0.15, -0.1) is 0 Å². The number of fused-ring (bicyclic) bond motifs is 1. The number of nitriles is 1. The molecule has 0 fully saturated rings. The van der Waals surface area contributed by atoms with Crippen LogP contribution in [0.4, 0.5) is 0 Å². The monoisotopic (exact) mass is 275 g/mol. The van der Waals surface area contributed by atoms with Crippen LogP contribution in [0.3, 0.4) is 0 Å². The van der Waals surface area contributed by atoms with Gasteiger partial charge < -0.3 is 4.40 Å². The van der Waals surface area contributed by atoms with Crippen LogP contribution in [-0.4, -0.2) is 9.38 Å². The third-order valence-corrected chi connectivity index (χ3v) is 3.84. The van der Waals surface area contributed by atoms with Gasteiger partial charge in [-0.2, -0.15) is 5.26 Å². The highest BCUT2D eigenvalue weighted by molar-refractivity contribution is 5.57. The van der Waals surface area contributed by atoms with E-state index in [0.717, 1.165) is 35.3 Å². The van der Waals surface area contributed by atoms with Gasteiger partial charge in [-0.25, -0.2) is 0 Å². The average Bonchev–Trinajstić information content (AvgIpc) is 2.83. The van der Waals surface area contributed by atoms with Gasteiger partial charge in [-0.1, -0.05) is 30.3 Å². The van der Waals surface area contributed by atoms with E-state index in [-0.39, 0.29) is 0 Å². The lowest BCUT2D eigenvalue weighted by Gasteiger charge is -2.05. The molecule has 0 aliphatic heterocycles. The van der Waals surface area contributed by atoms with Gasteiger partial charge in [0.25, 0.3) is 0 Å². The van der Waals surface area contributed by atoms with Crippen molar-refractivity contribution < 1.29 is 0 Å². The Balaban J connectivity index is 1.93. The lowest BCUT2D eigenvalue weighted by atomic mass is 10.1. The second-order valence-electron chi connectivity index (χ2n) is 5.22. The zero-order chi connectivity index (χ0) is 14.7. The minimum absolute atomic E-state index is 0.433. The molecule has 104 valence electrons. The van der Waals surface area contributed by atoms with Crippen molar-refractivity contribution in [2.75, 3.05) is 0 Å². The Labute approximate surface area is 124 Å². The number of rotatable bonds is 4. The molecule has 1 aromatic carbocycles. The van der Waals surface area contributed by atoms with E-state index in [2.05, 4.69) is 52.7 Å². The first kappa shape index (κ1) is 13.4. The van der Waals surface area contributed by atoms with Gasteiger partial charge in [-0.3, -0.25) is 4.98 Å². The van der Waals surface area contributed by atoms with Crippen LogP contribution in [0.15, 0.2) is 48.8 Å². The Hall–Kier alpha value is -2.60. The summed E-state index contributed by atoms with van der Waals surface area (Å²) in [6.45, 7) is 2.06. The molecule has 0 spiro atoms. The summed E-state index contributed by atoms with van der Waals surface area (Å²) in [7, 11) is 0. The Morgan fingerprint density at radius 3 is 2.76 bits per heavy atom. The molecular formula is C18H17N3. The van der Waals surface area contributed by atoms with Crippen molar-refractivity contribution in [2.24, 2.45) is 0 Å². The van der Waals surface area contributed by atoms with E-state index in [1.54, 1.807) is 0 Å². The summed E-state index contributed by atoms with van der Waals surface area (Å²) in [5, 5.41) is 8.96. The van der Waals surface area contributed by atoms with Crippen LogP contribution < -0.4 is 0 Å². The molecule has 3 heteroatoms. The molecule has 2 heterocycles. The maximum Gasteiger partial charge on any atom is 0.0760 e. The molecule has 0 bridgehead atoms. The van der Waals surface area contributed by atoms with Crippen molar-refractivity contribution in [2.45, 2.75) is 26.2 Å². The average molecular weight is 275 g/mol. The Morgan fingerprint density at radius 1 is 1.19 bits per heavy atom. The maximum absolute atomic E-state index is 8.96. The zero-order valence-corrected chi connectivity index (χ0v) is 12.1. The molecule has 0 N–H and O–H groups in total. The van der Waals surface area contributed by atoms with Gasteiger partial charge in [-0.05, 0) is 37.0 Å². The fraction of sp³-hybridized carbons (Fsp3) is 0.222. The van der Waals surface area contributed by atoms with Gasteiger partial charge in [0.2, 0.25) is 0 Å². The minimum Gasteiger partial charge on any atom is -0.316 e. The summed E-state index contributed by atoms with van der Waals surface area (Å²) >= 11 is 0. The fourth-order valence-electron chi connectivity index (χ4n) is 2.74. The van der Waals surface area contributed by atoms with E-state index in [4.69, 9.17) is 5.26 Å². The zero-order valence-electron chi connectivity index (χ0n) is 12.1. The molecule has 3 nitrogen and oxygen atoms in total. The van der Waals surface area contributed by atoms with Crippen LogP contribution in [0.25, 0.3) is 5.52 Å². The van der Waals surface area contributed by atoms with Crippen LogP contribution >= 0.6 is 0 Å². The smallest absolute Gasteiger partial charge is 0.0760 e. The standard InChI is InChI=1S/C18H17N3/c1-14-13-18-16(8-7-15-5-3-2-4-6-15)20-11-12-21(18)17(14)9-10-19/h2-6,11-13H,7-9H2,1H3. The normalized spacial score (nSPS) is 10.7. The predicted octanol–water partition coefficient (Wildman–Crippen LogP) is 3.49. The first-order valence-corrected chi connectivity index (χ1v) is 7.15. The first-order chi connectivity index (χ1) is 10.3. The number of hydrogen-bond donors (Lipinski definition) is 0. The third kappa shape index (κ3) is 2.66. The fourth-order valence-corrected chi connectivity index (χ4v) is 2.74. The third-order valence-electron chi connectivity index (χ3n) is 3.84. The molecule has 0 radical (unpaired) electrons. The second kappa shape index (κ2) is 5.80. The van der Waals surface area contributed by atoms with Gasteiger partial charge >= 0.3 is 0 Å². The van der Waals surface area contributed by atoms with Crippen molar-refractivity contribution in [1.29, 1.82) is 5.26 Å². The van der Waals surface area contributed by atoms with Crippen LogP contribution in [0.1, 0.15) is 22.5 Å². The molecule has 0 saturated heterocycles. The molecule has 21 heavy (non-hydrogen) atoms. The molecule has 0 unspecified atom stereocenters. The SMILES string of the molecule is Cc1cc2c(CCc3ccccc3)nccn2c1CC#N. The van der Waals surface area contributed by atoms with Crippen LogP contribution in [0.2, 0.25) is 0 Å². The molecule has 3 aromatic rings. The van der Waals surface area contributed by atoms with Crippen LogP contribution in [-0.2, 0) is 19.3 Å². The van der Waals surface area contributed by atoms with Gasteiger partial charge in [0.05, 0.1) is 23.7 Å². The highest BCUT2D eigenvalue weighted by Crippen LogP contribution is 2.19. The van der Waals surface area contributed by atoms with Crippen molar-refractivity contribution in [3.63, 3.8) is 0 Å². The lowest BCUT2D eigenvalue weighted by Crippen LogP contribution is -2.00. The molecule has 0 saturated carbocycles. The first-order valence-electron chi connectivity index (χ1n) is 7.15. The Bertz CT molecular complexity index is 794. The van der Waals surface area contributed by atoms with E-state index in [1.165, 1.54) is 5.56 Å². The van der Waals surface area contributed by atoms with Gasteiger partial charge in [0.1, 0.15) is 0 Å². The summed E-state index contributed by atoms with van der Waals surface area (Å²) in [6.07, 6.45) is 6.09. The number of hydrogen-bond acceptors (Lipinski definition) is 2. The van der Waals surface area contributed by atoms with E-state index in [1.807, 2.05) is 18.5 Å². The number of aromatic nitrogens is 2. The van der Waals surface area contributed by atoms with Crippen molar-refractivity contribution >= 4 is 5.52 Å². The number of aryl methyl sites for hydroxylation is 3. The predicted molar refractivity (Wildman–Crippen MR) is 83.1 cm³/mol. The summed E-state index contributed by atoms with van der Waals surface area (Å²) in [4.78, 5) is 4.53. The second-order valence-corrected chi connectivity index (χ2v) is 5.22. The quantitative estimate of drug-likeness (QED) is 0.731. The molecule has 2 aromatic heterocycles. The Morgan fingerprint density at radius 2 is 2.00 bits per heavy atom. The van der Waals surface area contributed by atoms with E-state index < -0.39 is 0 Å². The summed E-state index contributed by atoms with van der Waals surface area (Å²) in [5.74, 6) is 0. The van der Waals surface area contributed by atoms with Crippen molar-refractivity contribution in [3.05, 3.63) is 71.3 Å². The van der Waals surface area contributed by atoms with Crippen LogP contribution in [0, 0.1) is 18.3 Å². The van der Waals surface area contributed by atoms with Gasteiger partial charge in [0, 0.05) is 18.1 Å². The molecule has 0 aliphatic carbocycles. The van der Waals surface area contributed by atoms with E-state index in [0.29, 0.717) is 6.42 Å². The molecular weight excluding hydrogens is 258 g/mol. The van der Waals surface area contributed by atoms with Gasteiger partial charge in [0.15, 0.2) is 0 Å². The highest BCUT2D eigenvalue weighted by Gasteiger charge is 2.10. The highest BCUT2D eigenvalue weighted by atomic mass is 14.9. The van der Waals surface area contributed by atoms with E-state index in [9.17, 15) is 0 Å². The van der Waals surface area contributed by atoms with Crippen LogP contribution in [0.5, 0.6) is 0 Å². The number of nitrogens with zero attached hydrogens (tertiary/aromatic N) is 3. The van der Waals surface area contributed by atoms with Crippen molar-refractivity contribution in [1.82, 2.24) is 9.38 Å².